The fourth-order valence-corrected chi connectivity index (χ4v) is 2.26. The first kappa shape index (κ1) is 12.8. The van der Waals surface area contributed by atoms with E-state index in [9.17, 15) is 0 Å². The average molecular weight is 359 g/mol. The van der Waals surface area contributed by atoms with E-state index in [1.54, 1.807) is 6.20 Å². The summed E-state index contributed by atoms with van der Waals surface area (Å²) in [5, 5.41) is 0.630. The van der Waals surface area contributed by atoms with Gasteiger partial charge in [-0.05, 0) is 58.8 Å². The van der Waals surface area contributed by atoms with Gasteiger partial charge in [-0.2, -0.15) is 0 Å². The van der Waals surface area contributed by atoms with Crippen LogP contribution in [0.25, 0.3) is 0 Å². The van der Waals surface area contributed by atoms with E-state index in [2.05, 4.69) is 51.8 Å². The zero-order valence-corrected chi connectivity index (χ0v) is 12.0. The van der Waals surface area contributed by atoms with Crippen LogP contribution in [-0.4, -0.2) is 4.98 Å². The van der Waals surface area contributed by atoms with Crippen LogP contribution in [0.2, 0.25) is 5.02 Å². The molecule has 0 aliphatic carbocycles. The summed E-state index contributed by atoms with van der Waals surface area (Å²) >= 11 is 8.35. The number of benzene rings is 1. The normalized spacial score (nSPS) is 12.4. The van der Waals surface area contributed by atoms with E-state index in [0.29, 0.717) is 5.02 Å². The number of hydrogen-bond donors (Lipinski definition) is 1. The Morgan fingerprint density at radius 2 is 1.94 bits per heavy atom. The standard InChI is InChI=1S/C13H12ClIN2/c14-11-2-1-7-17-13(11)12(16)8-9-3-5-10(15)6-4-9/h1-7,12H,8,16H2. The molecule has 0 radical (unpaired) electrons. The molecule has 1 aromatic heterocycles. The molecule has 0 bridgehead atoms. The SMILES string of the molecule is NC(Cc1ccc(I)cc1)c1ncccc1Cl. The van der Waals surface area contributed by atoms with E-state index in [4.69, 9.17) is 17.3 Å². The van der Waals surface area contributed by atoms with Gasteiger partial charge in [-0.15, -0.1) is 0 Å². The lowest BCUT2D eigenvalue weighted by Gasteiger charge is -2.12. The van der Waals surface area contributed by atoms with Gasteiger partial charge in [0.15, 0.2) is 0 Å². The van der Waals surface area contributed by atoms with Gasteiger partial charge in [0.25, 0.3) is 0 Å². The van der Waals surface area contributed by atoms with Gasteiger partial charge in [-0.3, -0.25) is 4.98 Å². The van der Waals surface area contributed by atoms with E-state index < -0.39 is 0 Å². The zero-order valence-electron chi connectivity index (χ0n) is 9.11. The van der Waals surface area contributed by atoms with Crippen LogP contribution >= 0.6 is 34.2 Å². The maximum absolute atomic E-state index is 6.12. The topological polar surface area (TPSA) is 38.9 Å². The van der Waals surface area contributed by atoms with Gasteiger partial charge in [0.05, 0.1) is 16.8 Å². The predicted molar refractivity (Wildman–Crippen MR) is 79.0 cm³/mol. The minimum absolute atomic E-state index is 0.163. The molecule has 1 heterocycles. The first-order chi connectivity index (χ1) is 8.16. The van der Waals surface area contributed by atoms with Crippen molar-refractivity contribution in [2.45, 2.75) is 12.5 Å². The maximum atomic E-state index is 6.12. The highest BCUT2D eigenvalue weighted by Crippen LogP contribution is 2.21. The van der Waals surface area contributed by atoms with Crippen molar-refractivity contribution in [3.8, 4) is 0 Å². The monoisotopic (exact) mass is 358 g/mol. The van der Waals surface area contributed by atoms with E-state index in [1.807, 2.05) is 12.1 Å². The van der Waals surface area contributed by atoms with Crippen LogP contribution < -0.4 is 5.73 Å². The third-order valence-corrected chi connectivity index (χ3v) is 3.55. The molecule has 17 heavy (non-hydrogen) atoms. The number of rotatable bonds is 3. The highest BCUT2D eigenvalue weighted by molar-refractivity contribution is 14.1. The largest absolute Gasteiger partial charge is 0.322 e. The Labute approximate surface area is 119 Å². The first-order valence-electron chi connectivity index (χ1n) is 5.27. The van der Waals surface area contributed by atoms with Gasteiger partial charge in [-0.25, -0.2) is 0 Å². The van der Waals surface area contributed by atoms with E-state index in [1.165, 1.54) is 9.13 Å². The quantitative estimate of drug-likeness (QED) is 0.852. The second kappa shape index (κ2) is 5.80. The van der Waals surface area contributed by atoms with Gasteiger partial charge >= 0.3 is 0 Å². The van der Waals surface area contributed by atoms with E-state index >= 15 is 0 Å². The number of nitrogens with two attached hydrogens (primary N) is 1. The molecule has 0 aliphatic rings. The van der Waals surface area contributed by atoms with Crippen molar-refractivity contribution in [1.82, 2.24) is 4.98 Å². The third-order valence-electron chi connectivity index (χ3n) is 2.51. The lowest BCUT2D eigenvalue weighted by molar-refractivity contribution is 0.697. The summed E-state index contributed by atoms with van der Waals surface area (Å²) in [7, 11) is 0. The Kier molecular flexibility index (Phi) is 4.36. The van der Waals surface area contributed by atoms with E-state index in [-0.39, 0.29) is 6.04 Å². The molecule has 88 valence electrons. The maximum Gasteiger partial charge on any atom is 0.0760 e. The van der Waals surface area contributed by atoms with Crippen molar-refractivity contribution in [3.63, 3.8) is 0 Å². The molecule has 0 saturated carbocycles. The number of pyridine rings is 1. The molecule has 2 aromatic rings. The van der Waals surface area contributed by atoms with Crippen molar-refractivity contribution in [2.75, 3.05) is 0 Å². The lowest BCUT2D eigenvalue weighted by atomic mass is 10.0. The number of aromatic nitrogens is 1. The summed E-state index contributed by atoms with van der Waals surface area (Å²) in [5.74, 6) is 0. The predicted octanol–water partition coefficient (Wildman–Crippen LogP) is 3.58. The summed E-state index contributed by atoms with van der Waals surface area (Å²) in [4.78, 5) is 4.23. The molecular weight excluding hydrogens is 347 g/mol. The van der Waals surface area contributed by atoms with Crippen LogP contribution in [0, 0.1) is 3.57 Å². The number of halogens is 2. The number of hydrogen-bond acceptors (Lipinski definition) is 2. The highest BCUT2D eigenvalue weighted by Gasteiger charge is 2.11. The summed E-state index contributed by atoms with van der Waals surface area (Å²) in [6.45, 7) is 0. The van der Waals surface area contributed by atoms with Crippen molar-refractivity contribution in [3.05, 3.63) is 62.4 Å². The summed E-state index contributed by atoms with van der Waals surface area (Å²) in [5.41, 5.74) is 8.07. The molecule has 4 heteroatoms. The molecule has 1 atom stereocenters. The molecule has 1 unspecified atom stereocenters. The smallest absolute Gasteiger partial charge is 0.0760 e. The Morgan fingerprint density at radius 3 is 2.59 bits per heavy atom. The fraction of sp³-hybridized carbons (Fsp3) is 0.154. The van der Waals surface area contributed by atoms with Crippen LogP contribution in [0.5, 0.6) is 0 Å². The molecule has 0 saturated heterocycles. The van der Waals surface area contributed by atoms with Gasteiger partial charge in [-0.1, -0.05) is 23.7 Å². The molecule has 0 aliphatic heterocycles. The Morgan fingerprint density at radius 1 is 1.24 bits per heavy atom. The minimum Gasteiger partial charge on any atom is -0.322 e. The van der Waals surface area contributed by atoms with Crippen LogP contribution in [-0.2, 0) is 6.42 Å². The average Bonchev–Trinajstić information content (AvgIpc) is 2.32. The minimum atomic E-state index is -0.163. The first-order valence-corrected chi connectivity index (χ1v) is 6.73. The van der Waals surface area contributed by atoms with Gasteiger partial charge in [0.2, 0.25) is 0 Å². The summed E-state index contributed by atoms with van der Waals surface area (Å²) < 4.78 is 1.22. The second-order valence-electron chi connectivity index (χ2n) is 3.81. The molecule has 2 N–H and O–H groups in total. The van der Waals surface area contributed by atoms with Gasteiger partial charge < -0.3 is 5.73 Å². The van der Waals surface area contributed by atoms with Gasteiger partial charge in [0, 0.05) is 9.77 Å². The Bertz CT molecular complexity index is 499. The van der Waals surface area contributed by atoms with E-state index in [0.717, 1.165) is 12.1 Å². The third kappa shape index (κ3) is 3.40. The molecule has 0 fully saturated rings. The van der Waals surface area contributed by atoms with Crippen LogP contribution in [0.3, 0.4) is 0 Å². The highest BCUT2D eigenvalue weighted by atomic mass is 127. The Balaban J connectivity index is 2.14. The summed E-state index contributed by atoms with van der Waals surface area (Å²) in [6, 6.07) is 11.8. The van der Waals surface area contributed by atoms with Crippen molar-refractivity contribution in [1.29, 1.82) is 0 Å². The molecular formula is C13H12ClIN2. The van der Waals surface area contributed by atoms with Crippen LogP contribution in [0.1, 0.15) is 17.3 Å². The zero-order chi connectivity index (χ0) is 12.3. The molecule has 2 nitrogen and oxygen atoms in total. The lowest BCUT2D eigenvalue weighted by Crippen LogP contribution is -2.15. The van der Waals surface area contributed by atoms with Gasteiger partial charge in [0.1, 0.15) is 0 Å². The van der Waals surface area contributed by atoms with Crippen LogP contribution in [0.4, 0.5) is 0 Å². The van der Waals surface area contributed by atoms with Crippen molar-refractivity contribution >= 4 is 34.2 Å². The van der Waals surface area contributed by atoms with Crippen molar-refractivity contribution < 1.29 is 0 Å². The fourth-order valence-electron chi connectivity index (χ4n) is 1.64. The second-order valence-corrected chi connectivity index (χ2v) is 5.46. The Hall–Kier alpha value is -0.650. The molecule has 2 rings (SSSR count). The van der Waals surface area contributed by atoms with Crippen molar-refractivity contribution in [2.24, 2.45) is 5.73 Å². The molecule has 0 spiro atoms. The molecule has 0 amide bonds. The molecule has 1 aromatic carbocycles. The summed E-state index contributed by atoms with van der Waals surface area (Å²) in [6.07, 6.45) is 2.46. The number of nitrogens with zero attached hydrogens (tertiary/aromatic N) is 1. The van der Waals surface area contributed by atoms with Crippen LogP contribution in [0.15, 0.2) is 42.6 Å².